The van der Waals surface area contributed by atoms with E-state index in [-0.39, 0.29) is 14.5 Å². The molecule has 8 heavy (non-hydrogen) atoms. The topological polar surface area (TPSA) is 46.2 Å². The maximum absolute atomic E-state index is 8.97. The molecule has 0 saturated heterocycles. The summed E-state index contributed by atoms with van der Waals surface area (Å²) in [6, 6.07) is -0.146. The van der Waals surface area contributed by atoms with Crippen molar-refractivity contribution in [3.05, 3.63) is 0 Å². The van der Waals surface area contributed by atoms with Crippen LogP contribution in [0.5, 0.6) is 0 Å². The second-order valence-corrected chi connectivity index (χ2v) is 2.44. The summed E-state index contributed by atoms with van der Waals surface area (Å²) in [7, 11) is 0. The number of hydrogen-bond donors (Lipinski definition) is 2. The number of hydrogen-bond acceptors (Lipinski definition) is 2. The molecule has 3 N–H and O–H groups in total. The van der Waals surface area contributed by atoms with Gasteiger partial charge in [0.2, 0.25) is 0 Å². The Labute approximate surface area is 52.7 Å². The predicted molar refractivity (Wildman–Crippen MR) is 35.7 cm³/mol. The standard InChI is InChI=1S/C5H13NO.B/c1-4(6)5(2,3)7;/h4,7H,6H2,1-3H3;. The Balaban J connectivity index is 0. The zero-order chi connectivity index (χ0) is 6.08. The molecule has 0 aromatic rings. The van der Waals surface area contributed by atoms with Gasteiger partial charge < -0.3 is 10.8 Å². The van der Waals surface area contributed by atoms with Gasteiger partial charge in [-0.2, -0.15) is 0 Å². The van der Waals surface area contributed by atoms with E-state index in [0.717, 1.165) is 0 Å². The second-order valence-electron chi connectivity index (χ2n) is 2.44. The van der Waals surface area contributed by atoms with Crippen molar-refractivity contribution in [1.29, 1.82) is 0 Å². The Morgan fingerprint density at radius 3 is 1.62 bits per heavy atom. The Morgan fingerprint density at radius 1 is 1.50 bits per heavy atom. The molecule has 0 aromatic carbocycles. The van der Waals surface area contributed by atoms with Crippen molar-refractivity contribution in [2.45, 2.75) is 32.4 Å². The van der Waals surface area contributed by atoms with Crippen LogP contribution in [-0.4, -0.2) is 25.2 Å². The number of rotatable bonds is 1. The van der Waals surface area contributed by atoms with Crippen LogP contribution in [0.2, 0.25) is 0 Å². The molecule has 1 atom stereocenters. The lowest BCUT2D eigenvalue weighted by molar-refractivity contribution is 0.0582. The van der Waals surface area contributed by atoms with Gasteiger partial charge in [0.05, 0.1) is 5.60 Å². The van der Waals surface area contributed by atoms with Crippen molar-refractivity contribution < 1.29 is 5.11 Å². The quantitative estimate of drug-likeness (QED) is 0.460. The van der Waals surface area contributed by atoms with E-state index in [1.807, 2.05) is 0 Å². The minimum Gasteiger partial charge on any atom is -0.389 e. The summed E-state index contributed by atoms with van der Waals surface area (Å²) in [5.41, 5.74) is 4.60. The van der Waals surface area contributed by atoms with Gasteiger partial charge >= 0.3 is 0 Å². The zero-order valence-electron chi connectivity index (χ0n) is 5.68. The Morgan fingerprint density at radius 2 is 1.62 bits per heavy atom. The van der Waals surface area contributed by atoms with E-state index in [1.165, 1.54) is 0 Å². The van der Waals surface area contributed by atoms with Crippen LogP contribution in [0, 0.1) is 0 Å². The highest BCUT2D eigenvalue weighted by molar-refractivity contribution is 5.75. The van der Waals surface area contributed by atoms with E-state index in [4.69, 9.17) is 10.8 Å². The number of aliphatic hydroxyl groups is 1. The van der Waals surface area contributed by atoms with Gasteiger partial charge in [-0.15, -0.1) is 0 Å². The SMILES string of the molecule is CC(N)C(C)(C)O.[B]. The van der Waals surface area contributed by atoms with Gasteiger partial charge in [-0.05, 0) is 20.8 Å². The van der Waals surface area contributed by atoms with Crippen LogP contribution in [0.15, 0.2) is 0 Å². The summed E-state index contributed by atoms with van der Waals surface area (Å²) in [5, 5.41) is 8.97. The van der Waals surface area contributed by atoms with Gasteiger partial charge in [-0.3, -0.25) is 0 Å². The normalized spacial score (nSPS) is 14.6. The fourth-order valence-electron chi connectivity index (χ4n) is 0. The summed E-state index contributed by atoms with van der Waals surface area (Å²) in [6.07, 6.45) is 0. The summed E-state index contributed by atoms with van der Waals surface area (Å²) in [4.78, 5) is 0. The molecule has 2 nitrogen and oxygen atoms in total. The lowest BCUT2D eigenvalue weighted by atomic mass is 10.0. The largest absolute Gasteiger partial charge is 0.389 e. The average molecular weight is 114 g/mol. The Hall–Kier alpha value is -0.0151. The first-order chi connectivity index (χ1) is 2.94. The molecule has 0 amide bonds. The molecule has 0 aliphatic heterocycles. The van der Waals surface area contributed by atoms with Crippen LogP contribution < -0.4 is 5.73 Å². The smallest absolute Gasteiger partial charge is 0.0739 e. The van der Waals surface area contributed by atoms with Crippen molar-refractivity contribution in [3.8, 4) is 0 Å². The molecule has 0 fully saturated rings. The first-order valence-electron chi connectivity index (χ1n) is 2.42. The predicted octanol–water partition coefficient (Wildman–Crippen LogP) is -0.276. The maximum atomic E-state index is 8.97. The molecule has 0 aromatic heterocycles. The molecule has 0 bridgehead atoms. The molecule has 3 heteroatoms. The molecule has 0 aliphatic rings. The van der Waals surface area contributed by atoms with E-state index in [0.29, 0.717) is 0 Å². The molecule has 0 saturated carbocycles. The van der Waals surface area contributed by atoms with E-state index in [1.54, 1.807) is 20.8 Å². The molecule has 0 heterocycles. The molecule has 0 rings (SSSR count). The molecule has 3 radical (unpaired) electrons. The monoisotopic (exact) mass is 114 g/mol. The van der Waals surface area contributed by atoms with E-state index in [9.17, 15) is 0 Å². The molecule has 1 unspecified atom stereocenters. The second kappa shape index (κ2) is 3.10. The molecular weight excluding hydrogens is 101 g/mol. The zero-order valence-corrected chi connectivity index (χ0v) is 5.68. The Bertz CT molecular complexity index is 57.9. The van der Waals surface area contributed by atoms with Gasteiger partial charge in [-0.1, -0.05) is 0 Å². The van der Waals surface area contributed by atoms with Gasteiger partial charge in [-0.25, -0.2) is 0 Å². The third-order valence-corrected chi connectivity index (χ3v) is 1.11. The highest BCUT2D eigenvalue weighted by Crippen LogP contribution is 2.03. The minimum absolute atomic E-state index is 0. The van der Waals surface area contributed by atoms with Crippen LogP contribution in [0.25, 0.3) is 0 Å². The first-order valence-corrected chi connectivity index (χ1v) is 2.42. The van der Waals surface area contributed by atoms with Crippen LogP contribution in [-0.2, 0) is 0 Å². The average Bonchev–Trinajstić information content (AvgIpc) is 1.31. The van der Waals surface area contributed by atoms with Crippen molar-refractivity contribution >= 4 is 8.41 Å². The fraction of sp³-hybridized carbons (Fsp3) is 1.00. The molecule has 0 aliphatic carbocycles. The summed E-state index contributed by atoms with van der Waals surface area (Å²) < 4.78 is 0. The fourth-order valence-corrected chi connectivity index (χ4v) is 0. The van der Waals surface area contributed by atoms with Crippen molar-refractivity contribution in [2.75, 3.05) is 0 Å². The lowest BCUT2D eigenvalue weighted by Crippen LogP contribution is -2.40. The van der Waals surface area contributed by atoms with Gasteiger partial charge in [0.25, 0.3) is 0 Å². The van der Waals surface area contributed by atoms with Crippen LogP contribution >= 0.6 is 0 Å². The Kier molecular flexibility index (Phi) is 4.21. The maximum Gasteiger partial charge on any atom is 0.0739 e. The third kappa shape index (κ3) is 4.15. The summed E-state index contributed by atoms with van der Waals surface area (Å²) >= 11 is 0. The first kappa shape index (κ1) is 10.9. The van der Waals surface area contributed by atoms with Gasteiger partial charge in [0.15, 0.2) is 0 Å². The van der Waals surface area contributed by atoms with Crippen LogP contribution in [0.1, 0.15) is 20.8 Å². The van der Waals surface area contributed by atoms with Crippen molar-refractivity contribution in [2.24, 2.45) is 5.73 Å². The van der Waals surface area contributed by atoms with Crippen LogP contribution in [0.3, 0.4) is 0 Å². The lowest BCUT2D eigenvalue weighted by Gasteiger charge is -2.20. The van der Waals surface area contributed by atoms with Crippen molar-refractivity contribution in [1.82, 2.24) is 0 Å². The summed E-state index contributed by atoms with van der Waals surface area (Å²) in [5.74, 6) is 0. The molecule has 0 spiro atoms. The molecular formula is C5H13BNO. The minimum atomic E-state index is -0.722. The van der Waals surface area contributed by atoms with Crippen molar-refractivity contribution in [3.63, 3.8) is 0 Å². The third-order valence-electron chi connectivity index (χ3n) is 1.11. The van der Waals surface area contributed by atoms with E-state index in [2.05, 4.69) is 0 Å². The van der Waals surface area contributed by atoms with Gasteiger partial charge in [0.1, 0.15) is 0 Å². The summed E-state index contributed by atoms with van der Waals surface area (Å²) in [6.45, 7) is 5.16. The van der Waals surface area contributed by atoms with E-state index < -0.39 is 5.60 Å². The van der Waals surface area contributed by atoms with E-state index >= 15 is 0 Å². The highest BCUT2D eigenvalue weighted by Gasteiger charge is 2.16. The molecule has 47 valence electrons. The van der Waals surface area contributed by atoms with Crippen LogP contribution in [0.4, 0.5) is 0 Å². The highest BCUT2D eigenvalue weighted by atomic mass is 16.3. The number of nitrogens with two attached hydrogens (primary N) is 1. The van der Waals surface area contributed by atoms with Gasteiger partial charge in [0, 0.05) is 14.5 Å².